The van der Waals surface area contributed by atoms with Gasteiger partial charge in [-0.2, -0.15) is 5.10 Å². The molecule has 0 radical (unpaired) electrons. The lowest BCUT2D eigenvalue weighted by Crippen LogP contribution is -2.19. The molecular weight excluding hydrogens is 170 g/mol. The minimum absolute atomic E-state index is 0.0938. The molecule has 0 aromatic carbocycles. The number of carboxylic acid groups (broad SMARTS) is 1. The molecule has 13 heavy (non-hydrogen) atoms. The maximum Gasteiger partial charge on any atom is 0.305 e. The molecule has 0 spiro atoms. The third kappa shape index (κ3) is 3.14. The molecule has 0 bridgehead atoms. The largest absolute Gasteiger partial charge is 0.481 e. The Kier molecular flexibility index (Phi) is 2.89. The van der Waals surface area contributed by atoms with Gasteiger partial charge in [0.15, 0.2) is 0 Å². The van der Waals surface area contributed by atoms with Crippen LogP contribution in [0.5, 0.6) is 0 Å². The molecule has 1 aromatic heterocycles. The maximum atomic E-state index is 10.3. The summed E-state index contributed by atoms with van der Waals surface area (Å²) in [5.41, 5.74) is 0. The van der Waals surface area contributed by atoms with Crippen LogP contribution in [0.1, 0.15) is 13.3 Å². The number of aromatic nitrogens is 2. The Labute approximate surface area is 76.4 Å². The quantitative estimate of drug-likeness (QED) is 0.720. The minimum Gasteiger partial charge on any atom is -0.481 e. The normalized spacial score (nSPS) is 12.5. The lowest BCUT2D eigenvalue weighted by atomic mass is 10.2. The monoisotopic (exact) mass is 183 g/mol. The lowest BCUT2D eigenvalue weighted by Gasteiger charge is -2.09. The van der Waals surface area contributed by atoms with E-state index < -0.39 is 5.97 Å². The highest BCUT2D eigenvalue weighted by Gasteiger charge is 2.07. The second-order valence-electron chi connectivity index (χ2n) is 3.02. The number of anilines is 1. The van der Waals surface area contributed by atoms with E-state index in [1.165, 1.54) is 0 Å². The highest BCUT2D eigenvalue weighted by molar-refractivity contribution is 5.68. The number of nitrogens with one attached hydrogen (secondary N) is 1. The summed E-state index contributed by atoms with van der Waals surface area (Å²) >= 11 is 0. The van der Waals surface area contributed by atoms with Crippen molar-refractivity contribution in [2.75, 3.05) is 5.32 Å². The molecule has 0 amide bonds. The van der Waals surface area contributed by atoms with Crippen molar-refractivity contribution in [3.8, 4) is 0 Å². The highest BCUT2D eigenvalue weighted by Crippen LogP contribution is 2.05. The van der Waals surface area contributed by atoms with E-state index in [1.807, 2.05) is 14.0 Å². The van der Waals surface area contributed by atoms with Crippen LogP contribution >= 0.6 is 0 Å². The average Bonchev–Trinajstić information content (AvgIpc) is 2.33. The number of aliphatic carboxylic acids is 1. The summed E-state index contributed by atoms with van der Waals surface area (Å²) in [6, 6.07) is 1.70. The van der Waals surface area contributed by atoms with Crippen LogP contribution in [0.25, 0.3) is 0 Å². The first-order chi connectivity index (χ1) is 6.08. The van der Waals surface area contributed by atoms with E-state index in [0.717, 1.165) is 0 Å². The summed E-state index contributed by atoms with van der Waals surface area (Å²) in [5.74, 6) is -0.104. The van der Waals surface area contributed by atoms with Crippen LogP contribution in [-0.4, -0.2) is 26.9 Å². The molecule has 2 N–H and O–H groups in total. The first-order valence-electron chi connectivity index (χ1n) is 4.06. The van der Waals surface area contributed by atoms with Gasteiger partial charge in [0, 0.05) is 25.4 Å². The third-order valence-electron chi connectivity index (χ3n) is 1.59. The number of aryl methyl sites for hydroxylation is 1. The van der Waals surface area contributed by atoms with Crippen LogP contribution < -0.4 is 5.32 Å². The molecule has 5 nitrogen and oxygen atoms in total. The molecule has 0 aliphatic carbocycles. The van der Waals surface area contributed by atoms with E-state index in [9.17, 15) is 4.79 Å². The van der Waals surface area contributed by atoms with Crippen molar-refractivity contribution in [2.24, 2.45) is 7.05 Å². The molecule has 1 heterocycles. The molecule has 0 saturated heterocycles. The molecule has 5 heteroatoms. The predicted molar refractivity (Wildman–Crippen MR) is 48.5 cm³/mol. The Morgan fingerprint density at radius 1 is 1.85 bits per heavy atom. The van der Waals surface area contributed by atoms with Crippen molar-refractivity contribution in [1.82, 2.24) is 9.78 Å². The third-order valence-corrected chi connectivity index (χ3v) is 1.59. The van der Waals surface area contributed by atoms with Crippen molar-refractivity contribution in [3.63, 3.8) is 0 Å². The zero-order chi connectivity index (χ0) is 9.84. The number of nitrogens with zero attached hydrogens (tertiary/aromatic N) is 2. The molecule has 0 saturated carbocycles. The van der Waals surface area contributed by atoms with E-state index in [4.69, 9.17) is 5.11 Å². The molecule has 1 aromatic rings. The standard InChI is InChI=1S/C8H13N3O2/c1-6(5-8(12)13)9-7-3-4-11(2)10-7/h3-4,6H,5H2,1-2H3,(H,9,10)(H,12,13). The van der Waals surface area contributed by atoms with Gasteiger partial charge in [-0.1, -0.05) is 0 Å². The summed E-state index contributed by atoms with van der Waals surface area (Å²) in [7, 11) is 1.81. The fourth-order valence-electron chi connectivity index (χ4n) is 1.06. The van der Waals surface area contributed by atoms with Crippen LogP contribution in [0, 0.1) is 0 Å². The fraction of sp³-hybridized carbons (Fsp3) is 0.500. The van der Waals surface area contributed by atoms with E-state index >= 15 is 0 Å². The number of carbonyl (C=O) groups is 1. The summed E-state index contributed by atoms with van der Waals surface area (Å²) in [5, 5.41) is 15.6. The second-order valence-corrected chi connectivity index (χ2v) is 3.02. The molecule has 1 atom stereocenters. The molecule has 72 valence electrons. The van der Waals surface area contributed by atoms with Gasteiger partial charge in [0.05, 0.1) is 6.42 Å². The van der Waals surface area contributed by atoms with Crippen molar-refractivity contribution in [3.05, 3.63) is 12.3 Å². The van der Waals surface area contributed by atoms with Gasteiger partial charge in [-0.05, 0) is 6.92 Å². The van der Waals surface area contributed by atoms with Gasteiger partial charge in [0.25, 0.3) is 0 Å². The van der Waals surface area contributed by atoms with Crippen molar-refractivity contribution >= 4 is 11.8 Å². The summed E-state index contributed by atoms with van der Waals surface area (Å²) < 4.78 is 1.66. The lowest BCUT2D eigenvalue weighted by molar-refractivity contribution is -0.137. The fourth-order valence-corrected chi connectivity index (χ4v) is 1.06. The van der Waals surface area contributed by atoms with E-state index in [2.05, 4.69) is 10.4 Å². The van der Waals surface area contributed by atoms with Gasteiger partial charge in [0.2, 0.25) is 0 Å². The highest BCUT2D eigenvalue weighted by atomic mass is 16.4. The zero-order valence-electron chi connectivity index (χ0n) is 7.69. The van der Waals surface area contributed by atoms with Crippen molar-refractivity contribution < 1.29 is 9.90 Å². The summed E-state index contributed by atoms with van der Waals surface area (Å²) in [6.45, 7) is 1.81. The topological polar surface area (TPSA) is 67.2 Å². The number of hydrogen-bond donors (Lipinski definition) is 2. The number of carboxylic acids is 1. The summed E-state index contributed by atoms with van der Waals surface area (Å²) in [4.78, 5) is 10.3. The second kappa shape index (κ2) is 3.93. The molecule has 0 aliphatic rings. The molecule has 0 aliphatic heterocycles. The Bertz CT molecular complexity index is 295. The van der Waals surface area contributed by atoms with Gasteiger partial charge in [-0.3, -0.25) is 9.48 Å². The van der Waals surface area contributed by atoms with Crippen LogP contribution in [0.15, 0.2) is 12.3 Å². The van der Waals surface area contributed by atoms with Crippen molar-refractivity contribution in [1.29, 1.82) is 0 Å². The van der Waals surface area contributed by atoms with Crippen LogP contribution in [-0.2, 0) is 11.8 Å². The molecule has 0 fully saturated rings. The van der Waals surface area contributed by atoms with E-state index in [1.54, 1.807) is 16.9 Å². The van der Waals surface area contributed by atoms with Gasteiger partial charge in [0.1, 0.15) is 5.82 Å². The Morgan fingerprint density at radius 3 is 3.00 bits per heavy atom. The van der Waals surface area contributed by atoms with Crippen LogP contribution in [0.4, 0.5) is 5.82 Å². The SMILES string of the molecule is CC(CC(=O)O)Nc1ccn(C)n1. The molecular formula is C8H13N3O2. The Morgan fingerprint density at radius 2 is 2.54 bits per heavy atom. The number of rotatable bonds is 4. The smallest absolute Gasteiger partial charge is 0.305 e. The number of hydrogen-bond acceptors (Lipinski definition) is 3. The van der Waals surface area contributed by atoms with Gasteiger partial charge < -0.3 is 10.4 Å². The predicted octanol–water partition coefficient (Wildman–Crippen LogP) is 0.695. The Hall–Kier alpha value is -1.52. The van der Waals surface area contributed by atoms with Gasteiger partial charge in [-0.25, -0.2) is 0 Å². The molecule has 1 rings (SSSR count). The van der Waals surface area contributed by atoms with Gasteiger partial charge in [-0.15, -0.1) is 0 Å². The first kappa shape index (κ1) is 9.57. The average molecular weight is 183 g/mol. The first-order valence-corrected chi connectivity index (χ1v) is 4.06. The van der Waals surface area contributed by atoms with Crippen LogP contribution in [0.2, 0.25) is 0 Å². The summed E-state index contributed by atoms with van der Waals surface area (Å²) in [6.07, 6.45) is 1.90. The maximum absolute atomic E-state index is 10.3. The minimum atomic E-state index is -0.809. The molecule has 1 unspecified atom stereocenters. The van der Waals surface area contributed by atoms with Crippen molar-refractivity contribution in [2.45, 2.75) is 19.4 Å². The van der Waals surface area contributed by atoms with E-state index in [-0.39, 0.29) is 12.5 Å². The van der Waals surface area contributed by atoms with E-state index in [0.29, 0.717) is 5.82 Å². The van der Waals surface area contributed by atoms with Gasteiger partial charge >= 0.3 is 5.97 Å². The zero-order valence-corrected chi connectivity index (χ0v) is 7.69. The Balaban J connectivity index is 2.44. The van der Waals surface area contributed by atoms with Crippen LogP contribution in [0.3, 0.4) is 0 Å².